The molecule has 0 aliphatic carbocycles. The van der Waals surface area contributed by atoms with Crippen LogP contribution in [0.1, 0.15) is 36.9 Å². The summed E-state index contributed by atoms with van der Waals surface area (Å²) in [5.41, 5.74) is 5.02. The first-order chi connectivity index (χ1) is 14.0. The van der Waals surface area contributed by atoms with E-state index in [1.165, 1.54) is 6.92 Å². The number of aromatic nitrogens is 3. The molecule has 3 aromatic rings. The number of pyridine rings is 2. The van der Waals surface area contributed by atoms with E-state index in [-0.39, 0.29) is 5.91 Å². The second-order valence-electron chi connectivity index (χ2n) is 7.55. The van der Waals surface area contributed by atoms with Crippen molar-refractivity contribution in [2.24, 2.45) is 7.05 Å². The third kappa shape index (κ3) is 4.16. The third-order valence-electron chi connectivity index (χ3n) is 5.25. The van der Waals surface area contributed by atoms with Gasteiger partial charge in [0.15, 0.2) is 0 Å². The molecule has 1 aliphatic heterocycles. The number of aryl methyl sites for hydroxylation is 1. The molecule has 1 unspecified atom stereocenters. The number of methoxy groups -OCH3 is 1. The zero-order chi connectivity index (χ0) is 20.4. The van der Waals surface area contributed by atoms with Crippen LogP contribution >= 0.6 is 0 Å². The molecule has 1 amide bonds. The summed E-state index contributed by atoms with van der Waals surface area (Å²) in [5, 5.41) is 3.76. The second-order valence-corrected chi connectivity index (χ2v) is 7.55. The Morgan fingerprint density at radius 3 is 2.97 bits per heavy atom. The molecule has 0 saturated carbocycles. The smallest absolute Gasteiger partial charge is 0.222 e. The highest BCUT2D eigenvalue weighted by Gasteiger charge is 2.20. The zero-order valence-electron chi connectivity index (χ0n) is 17.1. The largest absolute Gasteiger partial charge is 0.381 e. The van der Waals surface area contributed by atoms with Gasteiger partial charge in [-0.05, 0) is 36.6 Å². The summed E-state index contributed by atoms with van der Waals surface area (Å²) in [4.78, 5) is 20.8. The zero-order valence-corrected chi connectivity index (χ0v) is 17.1. The van der Waals surface area contributed by atoms with E-state index in [0.717, 1.165) is 52.9 Å². The van der Waals surface area contributed by atoms with Gasteiger partial charge in [-0.3, -0.25) is 9.78 Å². The van der Waals surface area contributed by atoms with Crippen LogP contribution in [0.2, 0.25) is 0 Å². The van der Waals surface area contributed by atoms with Gasteiger partial charge in [0.05, 0.1) is 30.6 Å². The lowest BCUT2D eigenvalue weighted by Crippen LogP contribution is -2.17. The highest BCUT2D eigenvalue weighted by molar-refractivity contribution is 5.98. The van der Waals surface area contributed by atoms with Crippen molar-refractivity contribution in [3.05, 3.63) is 41.9 Å². The number of hydrogen-bond acceptors (Lipinski definition) is 5. The summed E-state index contributed by atoms with van der Waals surface area (Å²) in [6.45, 7) is 3.53. The molecule has 0 spiro atoms. The predicted molar refractivity (Wildman–Crippen MR) is 112 cm³/mol. The molecule has 29 heavy (non-hydrogen) atoms. The second kappa shape index (κ2) is 8.31. The average molecular weight is 394 g/mol. The summed E-state index contributed by atoms with van der Waals surface area (Å²) in [6, 6.07) is 6.10. The monoisotopic (exact) mass is 394 g/mol. The maximum atomic E-state index is 11.5. The molecule has 3 aromatic heterocycles. The van der Waals surface area contributed by atoms with E-state index in [0.29, 0.717) is 24.9 Å². The maximum Gasteiger partial charge on any atom is 0.222 e. The Kier molecular flexibility index (Phi) is 5.60. The Bertz CT molecular complexity index is 1040. The van der Waals surface area contributed by atoms with Gasteiger partial charge in [0.2, 0.25) is 5.91 Å². The van der Waals surface area contributed by atoms with Gasteiger partial charge < -0.3 is 19.4 Å². The summed E-state index contributed by atoms with van der Waals surface area (Å²) < 4.78 is 13.1. The highest BCUT2D eigenvalue weighted by Crippen LogP contribution is 2.33. The molecule has 4 heterocycles. The Labute approximate surface area is 170 Å². The molecule has 1 aliphatic rings. The molecule has 1 atom stereocenters. The van der Waals surface area contributed by atoms with Gasteiger partial charge >= 0.3 is 0 Å². The summed E-state index contributed by atoms with van der Waals surface area (Å²) in [6.07, 6.45) is 5.97. The first-order valence-corrected chi connectivity index (χ1v) is 9.85. The van der Waals surface area contributed by atoms with Gasteiger partial charge in [-0.25, -0.2) is 4.98 Å². The van der Waals surface area contributed by atoms with E-state index in [1.54, 1.807) is 13.3 Å². The number of fused-ring (bicyclic) bond motifs is 1. The van der Waals surface area contributed by atoms with E-state index >= 15 is 0 Å². The molecule has 1 N–H and O–H groups in total. The van der Waals surface area contributed by atoms with E-state index in [9.17, 15) is 4.79 Å². The summed E-state index contributed by atoms with van der Waals surface area (Å²) in [5.74, 6) is 0.687. The van der Waals surface area contributed by atoms with Gasteiger partial charge in [0.1, 0.15) is 5.82 Å². The number of nitrogens with one attached hydrogen (secondary N) is 1. The third-order valence-corrected chi connectivity index (χ3v) is 5.25. The van der Waals surface area contributed by atoms with Crippen molar-refractivity contribution in [1.82, 2.24) is 14.5 Å². The van der Waals surface area contributed by atoms with E-state index in [2.05, 4.69) is 28.6 Å². The van der Waals surface area contributed by atoms with Gasteiger partial charge in [-0.2, -0.15) is 0 Å². The maximum absolute atomic E-state index is 11.5. The summed E-state index contributed by atoms with van der Waals surface area (Å²) >= 11 is 0. The average Bonchev–Trinajstić information content (AvgIpc) is 3.04. The Balaban J connectivity index is 1.83. The van der Waals surface area contributed by atoms with Crippen LogP contribution in [-0.4, -0.2) is 40.8 Å². The van der Waals surface area contributed by atoms with Gasteiger partial charge in [-0.15, -0.1) is 0 Å². The number of nitrogens with zero attached hydrogens (tertiary/aromatic N) is 3. The van der Waals surface area contributed by atoms with E-state index in [1.807, 2.05) is 17.7 Å². The van der Waals surface area contributed by atoms with Crippen LogP contribution in [0.3, 0.4) is 0 Å². The topological polar surface area (TPSA) is 78.3 Å². The minimum Gasteiger partial charge on any atom is -0.381 e. The van der Waals surface area contributed by atoms with Crippen LogP contribution in [0.5, 0.6) is 0 Å². The first kappa shape index (κ1) is 19.5. The molecule has 152 valence electrons. The lowest BCUT2D eigenvalue weighted by Gasteiger charge is -2.22. The van der Waals surface area contributed by atoms with Crippen LogP contribution in [0.4, 0.5) is 5.82 Å². The minimum absolute atomic E-state index is 0.144. The molecule has 7 heteroatoms. The lowest BCUT2D eigenvalue weighted by molar-refractivity contribution is -0.114. The fourth-order valence-electron chi connectivity index (χ4n) is 3.91. The van der Waals surface area contributed by atoms with E-state index in [4.69, 9.17) is 14.5 Å². The fourth-order valence-corrected chi connectivity index (χ4v) is 3.91. The lowest BCUT2D eigenvalue weighted by atomic mass is 9.96. The predicted octanol–water partition coefficient (Wildman–Crippen LogP) is 3.63. The molecule has 1 saturated heterocycles. The Morgan fingerprint density at radius 1 is 1.38 bits per heavy atom. The van der Waals surface area contributed by atoms with Crippen molar-refractivity contribution in [3.63, 3.8) is 0 Å². The SMILES string of the molecule is COCc1cc(-c2cn(C)c3cnc(NC(C)=O)cc23)nc(C2CCCOC2)c1. The molecular weight excluding hydrogens is 368 g/mol. The fraction of sp³-hybridized carbons (Fsp3) is 0.409. The number of hydrogen-bond donors (Lipinski definition) is 1. The van der Waals surface area contributed by atoms with Crippen molar-refractivity contribution in [1.29, 1.82) is 0 Å². The minimum atomic E-state index is -0.144. The molecule has 0 aromatic carbocycles. The molecule has 1 fully saturated rings. The Morgan fingerprint density at radius 2 is 2.24 bits per heavy atom. The van der Waals surface area contributed by atoms with Crippen molar-refractivity contribution in [2.45, 2.75) is 32.3 Å². The van der Waals surface area contributed by atoms with Crippen LogP contribution in [0, 0.1) is 0 Å². The van der Waals surface area contributed by atoms with Crippen LogP contribution in [0.15, 0.2) is 30.6 Å². The van der Waals surface area contributed by atoms with E-state index < -0.39 is 0 Å². The highest BCUT2D eigenvalue weighted by atomic mass is 16.5. The van der Waals surface area contributed by atoms with Crippen molar-refractivity contribution in [2.75, 3.05) is 25.6 Å². The first-order valence-electron chi connectivity index (χ1n) is 9.85. The molecule has 7 nitrogen and oxygen atoms in total. The number of carbonyl (C=O) groups is 1. The molecule has 4 rings (SSSR count). The van der Waals surface area contributed by atoms with Crippen LogP contribution in [0.25, 0.3) is 22.2 Å². The molecule has 0 radical (unpaired) electrons. The van der Waals surface area contributed by atoms with Crippen LogP contribution < -0.4 is 5.32 Å². The van der Waals surface area contributed by atoms with Crippen molar-refractivity contribution in [3.8, 4) is 11.3 Å². The van der Waals surface area contributed by atoms with Crippen molar-refractivity contribution < 1.29 is 14.3 Å². The standard InChI is InChI=1S/C22H26N4O3/c1-14(27)24-22-9-17-18(11-26(2)21(17)10-23-22)20-8-15(12-28-3)7-19(25-20)16-5-4-6-29-13-16/h7-11,16H,4-6,12-13H2,1-3H3,(H,23,24,27). The number of amides is 1. The Hall–Kier alpha value is -2.77. The van der Waals surface area contributed by atoms with Gasteiger partial charge in [-0.1, -0.05) is 0 Å². The van der Waals surface area contributed by atoms with Gasteiger partial charge in [0, 0.05) is 56.4 Å². The van der Waals surface area contributed by atoms with Crippen LogP contribution in [-0.2, 0) is 27.9 Å². The normalized spacial score (nSPS) is 16.9. The molecular formula is C22H26N4O3. The molecule has 0 bridgehead atoms. The number of ether oxygens (including phenoxy) is 2. The summed E-state index contributed by atoms with van der Waals surface area (Å²) in [7, 11) is 3.69. The quantitative estimate of drug-likeness (QED) is 0.715. The van der Waals surface area contributed by atoms with Gasteiger partial charge in [0.25, 0.3) is 0 Å². The number of anilines is 1. The number of carbonyl (C=O) groups excluding carboxylic acids is 1. The van der Waals surface area contributed by atoms with Crippen molar-refractivity contribution >= 4 is 22.6 Å². The number of rotatable bonds is 5.